The van der Waals surface area contributed by atoms with Crippen LogP contribution in [-0.2, 0) is 4.74 Å². The fourth-order valence-electron chi connectivity index (χ4n) is 3.16. The smallest absolute Gasteiger partial charge is 0.0642 e. The molecule has 4 nitrogen and oxygen atoms in total. The molecule has 1 aromatic rings. The standard InChI is InChI=1S/C17H27N3O/c1-14(2)17-13-20(8-7-18-17)16-5-3-15(4-6-16)19-9-11-21-12-10-19/h3-6,14,17-18H,7-13H2,1-2H3. The summed E-state index contributed by atoms with van der Waals surface area (Å²) in [5.74, 6) is 0.681. The van der Waals surface area contributed by atoms with Crippen LogP contribution in [0, 0.1) is 5.92 Å². The molecule has 1 aromatic carbocycles. The minimum atomic E-state index is 0.595. The molecule has 2 aliphatic heterocycles. The van der Waals surface area contributed by atoms with Crippen LogP contribution in [0.5, 0.6) is 0 Å². The van der Waals surface area contributed by atoms with Gasteiger partial charge in [-0.1, -0.05) is 13.8 Å². The first-order valence-electron chi connectivity index (χ1n) is 8.15. The van der Waals surface area contributed by atoms with Gasteiger partial charge in [-0.05, 0) is 30.2 Å². The van der Waals surface area contributed by atoms with Gasteiger partial charge in [0.2, 0.25) is 0 Å². The van der Waals surface area contributed by atoms with Gasteiger partial charge in [0.1, 0.15) is 0 Å². The molecule has 0 bridgehead atoms. The van der Waals surface area contributed by atoms with Crippen molar-refractivity contribution in [3.05, 3.63) is 24.3 Å². The second-order valence-corrected chi connectivity index (χ2v) is 6.37. The highest BCUT2D eigenvalue weighted by Gasteiger charge is 2.22. The summed E-state index contributed by atoms with van der Waals surface area (Å²) in [7, 11) is 0. The first-order valence-corrected chi connectivity index (χ1v) is 8.15. The summed E-state index contributed by atoms with van der Waals surface area (Å²) in [6, 6.07) is 9.65. The van der Waals surface area contributed by atoms with Gasteiger partial charge < -0.3 is 19.9 Å². The van der Waals surface area contributed by atoms with Crippen molar-refractivity contribution in [3.63, 3.8) is 0 Å². The number of ether oxygens (including phenoxy) is 1. The number of nitrogens with one attached hydrogen (secondary N) is 1. The molecule has 2 aliphatic rings. The summed E-state index contributed by atoms with van der Waals surface area (Å²) in [6.07, 6.45) is 0. The Bertz CT molecular complexity index is 440. The van der Waals surface area contributed by atoms with Crippen molar-refractivity contribution in [3.8, 4) is 0 Å². The monoisotopic (exact) mass is 289 g/mol. The van der Waals surface area contributed by atoms with Gasteiger partial charge in [0.15, 0.2) is 0 Å². The van der Waals surface area contributed by atoms with Gasteiger partial charge in [-0.25, -0.2) is 0 Å². The minimum absolute atomic E-state index is 0.595. The number of morpholine rings is 1. The zero-order valence-electron chi connectivity index (χ0n) is 13.2. The number of piperazine rings is 1. The van der Waals surface area contributed by atoms with E-state index in [1.165, 1.54) is 11.4 Å². The van der Waals surface area contributed by atoms with Gasteiger partial charge in [0, 0.05) is 50.1 Å². The lowest BCUT2D eigenvalue weighted by atomic mass is 10.0. The third kappa shape index (κ3) is 3.50. The first-order chi connectivity index (χ1) is 10.2. The highest BCUT2D eigenvalue weighted by molar-refractivity contribution is 5.57. The molecule has 0 aromatic heterocycles. The van der Waals surface area contributed by atoms with Crippen molar-refractivity contribution in [2.24, 2.45) is 5.92 Å². The number of benzene rings is 1. The molecule has 0 aliphatic carbocycles. The number of hydrogen-bond acceptors (Lipinski definition) is 4. The topological polar surface area (TPSA) is 27.7 Å². The van der Waals surface area contributed by atoms with E-state index in [0.717, 1.165) is 45.9 Å². The summed E-state index contributed by atoms with van der Waals surface area (Å²) >= 11 is 0. The number of hydrogen-bond donors (Lipinski definition) is 1. The van der Waals surface area contributed by atoms with E-state index in [0.29, 0.717) is 12.0 Å². The molecule has 1 N–H and O–H groups in total. The van der Waals surface area contributed by atoms with Crippen molar-refractivity contribution in [1.82, 2.24) is 5.32 Å². The zero-order chi connectivity index (χ0) is 14.7. The van der Waals surface area contributed by atoms with Crippen LogP contribution in [-0.4, -0.2) is 52.0 Å². The van der Waals surface area contributed by atoms with Crippen molar-refractivity contribution >= 4 is 11.4 Å². The Labute approximate surface area is 128 Å². The Kier molecular flexibility index (Phi) is 4.66. The molecule has 21 heavy (non-hydrogen) atoms. The molecule has 2 heterocycles. The SMILES string of the molecule is CC(C)C1CN(c2ccc(N3CCOCC3)cc2)CCN1. The van der Waals surface area contributed by atoms with Crippen molar-refractivity contribution in [1.29, 1.82) is 0 Å². The number of anilines is 2. The minimum Gasteiger partial charge on any atom is -0.378 e. The van der Waals surface area contributed by atoms with Crippen LogP contribution in [0.3, 0.4) is 0 Å². The van der Waals surface area contributed by atoms with Crippen LogP contribution in [0.25, 0.3) is 0 Å². The summed E-state index contributed by atoms with van der Waals surface area (Å²) < 4.78 is 5.42. The fourth-order valence-corrected chi connectivity index (χ4v) is 3.16. The molecule has 0 saturated carbocycles. The van der Waals surface area contributed by atoms with E-state index in [2.05, 4.69) is 53.2 Å². The molecule has 116 valence electrons. The van der Waals surface area contributed by atoms with E-state index in [-0.39, 0.29) is 0 Å². The maximum atomic E-state index is 5.42. The Hall–Kier alpha value is -1.26. The number of rotatable bonds is 3. The predicted octanol–water partition coefficient (Wildman–Crippen LogP) is 1.96. The number of nitrogens with zero attached hydrogens (tertiary/aromatic N) is 2. The van der Waals surface area contributed by atoms with Gasteiger partial charge in [0.25, 0.3) is 0 Å². The summed E-state index contributed by atoms with van der Waals surface area (Å²) in [4.78, 5) is 4.91. The van der Waals surface area contributed by atoms with E-state index >= 15 is 0 Å². The van der Waals surface area contributed by atoms with Crippen molar-refractivity contribution in [2.75, 3.05) is 55.7 Å². The Balaban J connectivity index is 1.66. The summed E-state index contributed by atoms with van der Waals surface area (Å²) in [5, 5.41) is 3.62. The van der Waals surface area contributed by atoms with E-state index in [1.54, 1.807) is 0 Å². The maximum absolute atomic E-state index is 5.42. The molecule has 0 amide bonds. The Morgan fingerprint density at radius 2 is 1.62 bits per heavy atom. The lowest BCUT2D eigenvalue weighted by molar-refractivity contribution is 0.122. The molecule has 0 radical (unpaired) electrons. The lowest BCUT2D eigenvalue weighted by Crippen LogP contribution is -2.53. The molecule has 1 unspecified atom stereocenters. The largest absolute Gasteiger partial charge is 0.378 e. The van der Waals surface area contributed by atoms with Gasteiger partial charge in [-0.2, -0.15) is 0 Å². The van der Waals surface area contributed by atoms with Crippen LogP contribution in [0.15, 0.2) is 24.3 Å². The molecule has 4 heteroatoms. The highest BCUT2D eigenvalue weighted by atomic mass is 16.5. The Morgan fingerprint density at radius 3 is 2.24 bits per heavy atom. The molecular formula is C17H27N3O. The van der Waals surface area contributed by atoms with Crippen LogP contribution in [0.4, 0.5) is 11.4 Å². The van der Waals surface area contributed by atoms with Crippen LogP contribution in [0.2, 0.25) is 0 Å². The van der Waals surface area contributed by atoms with Crippen LogP contribution >= 0.6 is 0 Å². The molecule has 3 rings (SSSR count). The molecular weight excluding hydrogens is 262 g/mol. The van der Waals surface area contributed by atoms with E-state index < -0.39 is 0 Å². The van der Waals surface area contributed by atoms with E-state index in [1.807, 2.05) is 0 Å². The lowest BCUT2D eigenvalue weighted by Gasteiger charge is -2.37. The third-order valence-electron chi connectivity index (χ3n) is 4.60. The second kappa shape index (κ2) is 6.67. The van der Waals surface area contributed by atoms with E-state index in [9.17, 15) is 0 Å². The summed E-state index contributed by atoms with van der Waals surface area (Å²) in [5.41, 5.74) is 2.66. The van der Waals surface area contributed by atoms with Crippen molar-refractivity contribution in [2.45, 2.75) is 19.9 Å². The van der Waals surface area contributed by atoms with E-state index in [4.69, 9.17) is 4.74 Å². The average molecular weight is 289 g/mol. The molecule has 0 spiro atoms. The normalized spacial score (nSPS) is 23.7. The zero-order valence-corrected chi connectivity index (χ0v) is 13.2. The van der Waals surface area contributed by atoms with Crippen molar-refractivity contribution < 1.29 is 4.74 Å². The Morgan fingerprint density at radius 1 is 1.00 bits per heavy atom. The molecule has 1 atom stereocenters. The van der Waals surface area contributed by atoms with Crippen LogP contribution in [0.1, 0.15) is 13.8 Å². The van der Waals surface area contributed by atoms with Gasteiger partial charge in [-0.3, -0.25) is 0 Å². The molecule has 2 saturated heterocycles. The first kappa shape index (κ1) is 14.7. The predicted molar refractivity (Wildman–Crippen MR) is 88.3 cm³/mol. The molecule has 2 fully saturated rings. The highest BCUT2D eigenvalue weighted by Crippen LogP contribution is 2.23. The fraction of sp³-hybridized carbons (Fsp3) is 0.647. The van der Waals surface area contributed by atoms with Gasteiger partial charge in [0.05, 0.1) is 13.2 Å². The third-order valence-corrected chi connectivity index (χ3v) is 4.60. The summed E-state index contributed by atoms with van der Waals surface area (Å²) in [6.45, 7) is 11.6. The maximum Gasteiger partial charge on any atom is 0.0642 e. The van der Waals surface area contributed by atoms with Gasteiger partial charge in [-0.15, -0.1) is 0 Å². The van der Waals surface area contributed by atoms with Crippen LogP contribution < -0.4 is 15.1 Å². The second-order valence-electron chi connectivity index (χ2n) is 6.37. The average Bonchev–Trinajstić information content (AvgIpc) is 2.56. The van der Waals surface area contributed by atoms with Gasteiger partial charge >= 0.3 is 0 Å². The quantitative estimate of drug-likeness (QED) is 0.920.